The summed E-state index contributed by atoms with van der Waals surface area (Å²) in [6.07, 6.45) is 0. The molecule has 0 unspecified atom stereocenters. The third-order valence-electron chi connectivity index (χ3n) is 3.39. The number of benzene rings is 1. The lowest BCUT2D eigenvalue weighted by Crippen LogP contribution is -2.24. The molecule has 1 aromatic carbocycles. The van der Waals surface area contributed by atoms with Gasteiger partial charge in [0.1, 0.15) is 5.76 Å². The molecule has 0 radical (unpaired) electrons. The maximum absolute atomic E-state index is 12.4. The summed E-state index contributed by atoms with van der Waals surface area (Å²) < 4.78 is 5.10. The van der Waals surface area contributed by atoms with Crippen molar-refractivity contribution in [1.82, 2.24) is 10.5 Å². The maximum Gasteiger partial charge on any atom is 0.253 e. The smallest absolute Gasteiger partial charge is 0.253 e. The number of aromatic nitrogens is 1. The Morgan fingerprint density at radius 1 is 1.29 bits per heavy atom. The summed E-state index contributed by atoms with van der Waals surface area (Å²) in [5, 5.41) is 10.0. The van der Waals surface area contributed by atoms with Gasteiger partial charge in [0.05, 0.1) is 11.3 Å². The Hall–Kier alpha value is -2.30. The number of rotatable bonds is 5. The van der Waals surface area contributed by atoms with Gasteiger partial charge in [-0.25, -0.2) is 0 Å². The largest absolute Gasteiger partial charge is 0.385 e. The molecule has 0 saturated heterocycles. The number of carbonyl (C=O) groups is 1. The molecule has 0 spiro atoms. The number of carbonyl (C=O) groups excluding carboxylic acids is 1. The van der Waals surface area contributed by atoms with Gasteiger partial charge in [-0.3, -0.25) is 4.79 Å². The van der Waals surface area contributed by atoms with Gasteiger partial charge in [-0.15, -0.1) is 0 Å². The van der Waals surface area contributed by atoms with Crippen molar-refractivity contribution < 1.29 is 9.32 Å². The molecular formula is C16H21N3O2. The lowest BCUT2D eigenvalue weighted by atomic mass is 10.1. The third-order valence-corrected chi connectivity index (χ3v) is 3.39. The molecule has 2 rings (SSSR count). The van der Waals surface area contributed by atoms with Gasteiger partial charge in [-0.05, 0) is 45.4 Å². The Labute approximate surface area is 124 Å². The van der Waals surface area contributed by atoms with Gasteiger partial charge in [-0.1, -0.05) is 11.2 Å². The highest BCUT2D eigenvalue weighted by atomic mass is 16.5. The van der Waals surface area contributed by atoms with Crippen LogP contribution in [0.25, 0.3) is 0 Å². The molecule has 0 saturated carbocycles. The molecule has 0 bridgehead atoms. The van der Waals surface area contributed by atoms with Crippen LogP contribution in [0.15, 0.2) is 22.7 Å². The molecule has 1 amide bonds. The van der Waals surface area contributed by atoms with Gasteiger partial charge >= 0.3 is 0 Å². The van der Waals surface area contributed by atoms with Crippen molar-refractivity contribution >= 4 is 11.6 Å². The lowest BCUT2D eigenvalue weighted by molar-refractivity contribution is 0.0951. The Kier molecular flexibility index (Phi) is 4.62. The highest BCUT2D eigenvalue weighted by Crippen LogP contribution is 2.18. The minimum absolute atomic E-state index is 0.106. The average molecular weight is 287 g/mol. The highest BCUT2D eigenvalue weighted by molar-refractivity contribution is 5.99. The normalized spacial score (nSPS) is 10.5. The molecule has 21 heavy (non-hydrogen) atoms. The zero-order valence-electron chi connectivity index (χ0n) is 12.9. The van der Waals surface area contributed by atoms with Crippen molar-refractivity contribution in [3.05, 3.63) is 46.3 Å². The van der Waals surface area contributed by atoms with E-state index in [2.05, 4.69) is 15.8 Å². The Bertz CT molecular complexity index is 627. The van der Waals surface area contributed by atoms with Crippen LogP contribution in [0.2, 0.25) is 0 Å². The van der Waals surface area contributed by atoms with Gasteiger partial charge in [0, 0.05) is 24.3 Å². The van der Waals surface area contributed by atoms with E-state index in [0.717, 1.165) is 34.8 Å². The van der Waals surface area contributed by atoms with E-state index >= 15 is 0 Å². The molecule has 0 aliphatic rings. The first-order chi connectivity index (χ1) is 10.0. The number of aryl methyl sites for hydroxylation is 3. The minimum Gasteiger partial charge on any atom is -0.385 e. The monoisotopic (exact) mass is 287 g/mol. The summed E-state index contributed by atoms with van der Waals surface area (Å²) in [5.74, 6) is 0.634. The highest BCUT2D eigenvalue weighted by Gasteiger charge is 2.14. The summed E-state index contributed by atoms with van der Waals surface area (Å²) in [5.41, 5.74) is 4.36. The zero-order chi connectivity index (χ0) is 15.4. The average Bonchev–Trinajstić information content (AvgIpc) is 2.76. The molecule has 0 aliphatic carbocycles. The number of hydrogen-bond donors (Lipinski definition) is 2. The Balaban J connectivity index is 2.13. The number of nitrogens with one attached hydrogen (secondary N) is 2. The second-order valence-corrected chi connectivity index (χ2v) is 5.06. The van der Waals surface area contributed by atoms with Crippen LogP contribution in [0.4, 0.5) is 5.69 Å². The molecule has 2 aromatic rings. The van der Waals surface area contributed by atoms with Gasteiger partial charge in [0.15, 0.2) is 0 Å². The van der Waals surface area contributed by atoms with E-state index in [9.17, 15) is 4.79 Å². The quantitative estimate of drug-likeness (QED) is 0.887. The predicted molar refractivity (Wildman–Crippen MR) is 82.5 cm³/mol. The van der Waals surface area contributed by atoms with Crippen molar-refractivity contribution in [2.24, 2.45) is 0 Å². The van der Waals surface area contributed by atoms with Crippen LogP contribution in [0.5, 0.6) is 0 Å². The predicted octanol–water partition coefficient (Wildman–Crippen LogP) is 2.96. The minimum atomic E-state index is -0.106. The van der Waals surface area contributed by atoms with Crippen LogP contribution in [-0.4, -0.2) is 17.6 Å². The first-order valence-electron chi connectivity index (χ1n) is 7.07. The zero-order valence-corrected chi connectivity index (χ0v) is 12.9. The third kappa shape index (κ3) is 3.42. The summed E-state index contributed by atoms with van der Waals surface area (Å²) in [6.45, 7) is 8.92. The summed E-state index contributed by atoms with van der Waals surface area (Å²) >= 11 is 0. The molecule has 0 fully saturated rings. The molecule has 2 N–H and O–H groups in total. The van der Waals surface area contributed by atoms with Gasteiger partial charge in [0.2, 0.25) is 0 Å². The second-order valence-electron chi connectivity index (χ2n) is 5.06. The summed E-state index contributed by atoms with van der Waals surface area (Å²) in [7, 11) is 0. The van der Waals surface area contributed by atoms with Crippen LogP contribution >= 0.6 is 0 Å². The van der Waals surface area contributed by atoms with E-state index in [4.69, 9.17) is 4.52 Å². The molecule has 5 heteroatoms. The first kappa shape index (κ1) is 15.1. The van der Waals surface area contributed by atoms with E-state index in [-0.39, 0.29) is 5.91 Å². The molecule has 0 aliphatic heterocycles. The fourth-order valence-electron chi connectivity index (χ4n) is 2.21. The van der Waals surface area contributed by atoms with Crippen LogP contribution in [0.3, 0.4) is 0 Å². The number of amides is 1. The fourth-order valence-corrected chi connectivity index (χ4v) is 2.21. The van der Waals surface area contributed by atoms with Gasteiger partial charge in [-0.2, -0.15) is 0 Å². The molecule has 0 atom stereocenters. The molecule has 1 heterocycles. The van der Waals surface area contributed by atoms with Crippen LogP contribution < -0.4 is 10.6 Å². The number of nitrogens with zero attached hydrogens (tertiary/aromatic N) is 1. The molecule has 1 aromatic heterocycles. The van der Waals surface area contributed by atoms with Crippen LogP contribution in [-0.2, 0) is 6.54 Å². The summed E-state index contributed by atoms with van der Waals surface area (Å²) in [6, 6.07) is 5.76. The fraction of sp³-hybridized carbons (Fsp3) is 0.375. The standard InChI is InChI=1S/C16H21N3O2/c1-5-17-15-8-10(2)6-7-13(15)16(20)18-9-14-11(3)19-21-12(14)4/h6-8,17H,5,9H2,1-4H3,(H,18,20). The van der Waals surface area contributed by atoms with E-state index in [1.165, 1.54) is 0 Å². The molecule has 112 valence electrons. The number of hydrogen-bond acceptors (Lipinski definition) is 4. The van der Waals surface area contributed by atoms with Crippen molar-refractivity contribution in [3.63, 3.8) is 0 Å². The summed E-state index contributed by atoms with van der Waals surface area (Å²) in [4.78, 5) is 12.4. The lowest BCUT2D eigenvalue weighted by Gasteiger charge is -2.12. The van der Waals surface area contributed by atoms with E-state index in [0.29, 0.717) is 12.1 Å². The van der Waals surface area contributed by atoms with Crippen molar-refractivity contribution in [2.45, 2.75) is 34.2 Å². The maximum atomic E-state index is 12.4. The van der Waals surface area contributed by atoms with E-state index < -0.39 is 0 Å². The van der Waals surface area contributed by atoms with Crippen LogP contribution in [0, 0.1) is 20.8 Å². The SMILES string of the molecule is CCNc1cc(C)ccc1C(=O)NCc1c(C)noc1C. The van der Waals surface area contributed by atoms with Crippen LogP contribution in [0.1, 0.15) is 39.9 Å². The number of anilines is 1. The Morgan fingerprint density at radius 3 is 2.67 bits per heavy atom. The molecule has 5 nitrogen and oxygen atoms in total. The first-order valence-corrected chi connectivity index (χ1v) is 7.07. The van der Waals surface area contributed by atoms with Gasteiger partial charge < -0.3 is 15.2 Å². The molecular weight excluding hydrogens is 266 g/mol. The van der Waals surface area contributed by atoms with Crippen molar-refractivity contribution in [3.8, 4) is 0 Å². The topological polar surface area (TPSA) is 67.2 Å². The van der Waals surface area contributed by atoms with Crippen molar-refractivity contribution in [2.75, 3.05) is 11.9 Å². The Morgan fingerprint density at radius 2 is 2.05 bits per heavy atom. The van der Waals surface area contributed by atoms with Crippen molar-refractivity contribution in [1.29, 1.82) is 0 Å². The second kappa shape index (κ2) is 6.43. The van der Waals surface area contributed by atoms with E-state index in [1.807, 2.05) is 45.9 Å². The van der Waals surface area contributed by atoms with E-state index in [1.54, 1.807) is 0 Å². The van der Waals surface area contributed by atoms with Gasteiger partial charge in [0.25, 0.3) is 5.91 Å².